The summed E-state index contributed by atoms with van der Waals surface area (Å²) in [4.78, 5) is 0. The van der Waals surface area contributed by atoms with Crippen molar-refractivity contribution in [1.82, 2.24) is 0 Å². The Balaban J connectivity index is 2.16. The van der Waals surface area contributed by atoms with E-state index in [1.165, 1.54) is 36.8 Å². The minimum absolute atomic E-state index is 0.00653. The van der Waals surface area contributed by atoms with Gasteiger partial charge < -0.3 is 10.2 Å². The molecule has 3 rings (SSSR count). The van der Waals surface area contributed by atoms with Gasteiger partial charge in [-0.25, -0.2) is 0 Å². The molecule has 2 aromatic carbocycles. The number of aryl methyl sites for hydroxylation is 2. The average molecular weight is 310 g/mol. The first-order valence-corrected chi connectivity index (χ1v) is 8.63. The Kier molecular flexibility index (Phi) is 4.34. The van der Waals surface area contributed by atoms with Crippen molar-refractivity contribution in [3.63, 3.8) is 0 Å². The summed E-state index contributed by atoms with van der Waals surface area (Å²) in [7, 11) is 0. The molecule has 2 N–H and O–H groups in total. The molecule has 0 radical (unpaired) electrons. The molecule has 2 heteroatoms. The molecule has 0 saturated heterocycles. The summed E-state index contributed by atoms with van der Waals surface area (Å²) in [6.45, 7) is 3.93. The number of hydrogen-bond donors (Lipinski definition) is 2. The number of hydrogen-bond acceptors (Lipinski definition) is 2. The Hall–Kier alpha value is -1.96. The van der Waals surface area contributed by atoms with Gasteiger partial charge in [0.25, 0.3) is 0 Å². The fraction of sp³-hybridized carbons (Fsp3) is 0.429. The van der Waals surface area contributed by atoms with Crippen molar-refractivity contribution in [2.45, 2.75) is 57.8 Å². The zero-order chi connectivity index (χ0) is 16.4. The third-order valence-corrected chi connectivity index (χ3v) is 5.46. The number of benzene rings is 2. The molecule has 0 atom stereocenters. The zero-order valence-corrected chi connectivity index (χ0v) is 14.1. The molecule has 0 heterocycles. The Morgan fingerprint density at radius 1 is 0.696 bits per heavy atom. The molecule has 1 aliphatic rings. The summed E-state index contributed by atoms with van der Waals surface area (Å²) in [5, 5.41) is 19.8. The SMILES string of the molecule is Cc1cc(C2(c3ccc(O)c(C)c3)CCCCCC2)ccc1O. The third kappa shape index (κ3) is 2.95. The van der Waals surface area contributed by atoms with Crippen molar-refractivity contribution in [3.8, 4) is 11.5 Å². The van der Waals surface area contributed by atoms with E-state index in [-0.39, 0.29) is 5.41 Å². The Bertz CT molecular complexity index is 641. The molecule has 23 heavy (non-hydrogen) atoms. The van der Waals surface area contributed by atoms with Crippen LogP contribution >= 0.6 is 0 Å². The van der Waals surface area contributed by atoms with Crippen LogP contribution in [0.15, 0.2) is 36.4 Å². The molecule has 0 unspecified atom stereocenters. The minimum atomic E-state index is -0.00653. The summed E-state index contributed by atoms with van der Waals surface area (Å²) < 4.78 is 0. The Morgan fingerprint density at radius 2 is 1.13 bits per heavy atom. The molecule has 0 amide bonds. The molecule has 0 aromatic heterocycles. The average Bonchev–Trinajstić information content (AvgIpc) is 2.79. The van der Waals surface area contributed by atoms with Gasteiger partial charge in [0, 0.05) is 5.41 Å². The molecular weight excluding hydrogens is 284 g/mol. The lowest BCUT2D eigenvalue weighted by atomic mass is 9.68. The van der Waals surface area contributed by atoms with Crippen LogP contribution in [-0.2, 0) is 5.41 Å². The van der Waals surface area contributed by atoms with E-state index < -0.39 is 0 Å². The highest BCUT2D eigenvalue weighted by Gasteiger charge is 2.35. The van der Waals surface area contributed by atoms with Crippen LogP contribution in [-0.4, -0.2) is 10.2 Å². The minimum Gasteiger partial charge on any atom is -0.508 e. The number of rotatable bonds is 2. The van der Waals surface area contributed by atoms with Crippen LogP contribution in [0.2, 0.25) is 0 Å². The maximum absolute atomic E-state index is 9.90. The summed E-state index contributed by atoms with van der Waals surface area (Å²) in [5.74, 6) is 0.721. The van der Waals surface area contributed by atoms with Crippen LogP contribution in [0.3, 0.4) is 0 Å². The van der Waals surface area contributed by atoms with Gasteiger partial charge >= 0.3 is 0 Å². The van der Waals surface area contributed by atoms with Gasteiger partial charge in [0.2, 0.25) is 0 Å². The van der Waals surface area contributed by atoms with E-state index in [0.717, 1.165) is 24.0 Å². The topological polar surface area (TPSA) is 40.5 Å². The molecule has 2 aromatic rings. The molecule has 2 nitrogen and oxygen atoms in total. The van der Waals surface area contributed by atoms with Crippen LogP contribution in [0.4, 0.5) is 0 Å². The van der Waals surface area contributed by atoms with Gasteiger partial charge in [-0.1, -0.05) is 49.9 Å². The summed E-state index contributed by atoms with van der Waals surface area (Å²) >= 11 is 0. The maximum atomic E-state index is 9.90. The Morgan fingerprint density at radius 3 is 1.52 bits per heavy atom. The van der Waals surface area contributed by atoms with Gasteiger partial charge in [0.1, 0.15) is 11.5 Å². The van der Waals surface area contributed by atoms with Gasteiger partial charge in [0.15, 0.2) is 0 Å². The van der Waals surface area contributed by atoms with Crippen molar-refractivity contribution >= 4 is 0 Å². The van der Waals surface area contributed by atoms with Crippen molar-refractivity contribution in [2.75, 3.05) is 0 Å². The lowest BCUT2D eigenvalue weighted by Gasteiger charge is -2.35. The third-order valence-electron chi connectivity index (χ3n) is 5.46. The van der Waals surface area contributed by atoms with E-state index >= 15 is 0 Å². The lowest BCUT2D eigenvalue weighted by molar-refractivity contribution is 0.437. The second-order valence-electron chi connectivity index (χ2n) is 7.00. The van der Waals surface area contributed by atoms with Crippen LogP contribution in [0.1, 0.15) is 60.8 Å². The van der Waals surface area contributed by atoms with Crippen molar-refractivity contribution in [2.24, 2.45) is 0 Å². The van der Waals surface area contributed by atoms with E-state index in [4.69, 9.17) is 0 Å². The summed E-state index contributed by atoms with van der Waals surface area (Å²) in [5.41, 5.74) is 4.44. The van der Waals surface area contributed by atoms with Crippen LogP contribution in [0, 0.1) is 13.8 Å². The van der Waals surface area contributed by atoms with Crippen LogP contribution in [0.5, 0.6) is 11.5 Å². The van der Waals surface area contributed by atoms with E-state index in [1.54, 1.807) is 0 Å². The zero-order valence-electron chi connectivity index (χ0n) is 14.1. The predicted molar refractivity (Wildman–Crippen MR) is 94.2 cm³/mol. The summed E-state index contributed by atoms with van der Waals surface area (Å²) in [6, 6.07) is 12.1. The van der Waals surface area contributed by atoms with Gasteiger partial charge in [-0.15, -0.1) is 0 Å². The van der Waals surface area contributed by atoms with E-state index in [9.17, 15) is 10.2 Å². The molecule has 0 bridgehead atoms. The molecular formula is C21H26O2. The molecule has 0 aliphatic heterocycles. The van der Waals surface area contributed by atoms with E-state index in [0.29, 0.717) is 11.5 Å². The maximum Gasteiger partial charge on any atom is 0.118 e. The van der Waals surface area contributed by atoms with Crippen LogP contribution in [0.25, 0.3) is 0 Å². The molecule has 0 spiro atoms. The first-order chi connectivity index (χ1) is 11.0. The first kappa shape index (κ1) is 15.9. The summed E-state index contributed by atoms with van der Waals surface area (Å²) in [6.07, 6.45) is 7.27. The van der Waals surface area contributed by atoms with Crippen molar-refractivity contribution in [1.29, 1.82) is 0 Å². The largest absolute Gasteiger partial charge is 0.508 e. The highest BCUT2D eigenvalue weighted by molar-refractivity contribution is 5.47. The highest BCUT2D eigenvalue weighted by atomic mass is 16.3. The number of aromatic hydroxyl groups is 2. The molecule has 122 valence electrons. The van der Waals surface area contributed by atoms with Gasteiger partial charge in [-0.3, -0.25) is 0 Å². The quantitative estimate of drug-likeness (QED) is 0.734. The second kappa shape index (κ2) is 6.27. The lowest BCUT2D eigenvalue weighted by Crippen LogP contribution is -2.27. The predicted octanol–water partition coefficient (Wildman–Crippen LogP) is 5.35. The molecule has 1 aliphatic carbocycles. The van der Waals surface area contributed by atoms with E-state index in [1.807, 2.05) is 26.0 Å². The Labute approximate surface area is 138 Å². The van der Waals surface area contributed by atoms with Crippen molar-refractivity contribution < 1.29 is 10.2 Å². The van der Waals surface area contributed by atoms with Gasteiger partial charge in [-0.05, 0) is 61.1 Å². The highest BCUT2D eigenvalue weighted by Crippen LogP contribution is 2.45. The smallest absolute Gasteiger partial charge is 0.118 e. The fourth-order valence-corrected chi connectivity index (χ4v) is 3.98. The number of phenolic OH excluding ortho intramolecular Hbond substituents is 2. The number of phenols is 2. The van der Waals surface area contributed by atoms with E-state index in [2.05, 4.69) is 24.3 Å². The monoisotopic (exact) mass is 310 g/mol. The van der Waals surface area contributed by atoms with Crippen molar-refractivity contribution in [3.05, 3.63) is 58.7 Å². The normalized spacial score (nSPS) is 17.7. The molecule has 1 fully saturated rings. The fourth-order valence-electron chi connectivity index (χ4n) is 3.98. The molecule has 1 saturated carbocycles. The van der Waals surface area contributed by atoms with Gasteiger partial charge in [-0.2, -0.15) is 0 Å². The second-order valence-corrected chi connectivity index (χ2v) is 7.00. The van der Waals surface area contributed by atoms with Gasteiger partial charge in [0.05, 0.1) is 0 Å². The van der Waals surface area contributed by atoms with Crippen LogP contribution < -0.4 is 0 Å². The first-order valence-electron chi connectivity index (χ1n) is 8.63. The standard InChI is InChI=1S/C21H26O2/c1-15-13-17(7-9-19(15)22)21(11-5-3-4-6-12-21)18-8-10-20(23)16(2)14-18/h7-10,13-14,22-23H,3-6,11-12H2,1-2H3.